The number of hydrogen-bond donors (Lipinski definition) is 0. The van der Waals surface area contributed by atoms with Crippen molar-refractivity contribution < 1.29 is 9.18 Å². The van der Waals surface area contributed by atoms with Gasteiger partial charge < -0.3 is 9.47 Å². The van der Waals surface area contributed by atoms with Gasteiger partial charge in [-0.05, 0) is 43.0 Å². The molecule has 0 spiro atoms. The monoisotopic (exact) mass is 395 g/mol. The first kappa shape index (κ1) is 21.0. The molecule has 154 valence electrons. The largest absolute Gasteiger partial charge is 0.331 e. The highest BCUT2D eigenvalue weighted by atomic mass is 19.1. The molecule has 3 aromatic rings. The molecule has 0 bridgehead atoms. The van der Waals surface area contributed by atoms with Crippen LogP contribution in [0.15, 0.2) is 42.5 Å². The van der Waals surface area contributed by atoms with Crippen LogP contribution in [0.25, 0.3) is 11.0 Å². The number of benzene rings is 2. The third-order valence-electron chi connectivity index (χ3n) is 5.10. The number of imidazole rings is 1. The summed E-state index contributed by atoms with van der Waals surface area (Å²) in [4.78, 5) is 19.8. The fraction of sp³-hybridized carbons (Fsp3) is 0.417. The van der Waals surface area contributed by atoms with E-state index < -0.39 is 5.82 Å². The Hall–Kier alpha value is -2.69. The van der Waals surface area contributed by atoms with E-state index in [9.17, 15) is 9.18 Å². The lowest BCUT2D eigenvalue weighted by atomic mass is 10.1. The highest BCUT2D eigenvalue weighted by Gasteiger charge is 2.23. The molecular weight excluding hydrogens is 365 g/mol. The van der Waals surface area contributed by atoms with Crippen LogP contribution >= 0.6 is 0 Å². The Morgan fingerprint density at radius 1 is 1.17 bits per heavy atom. The van der Waals surface area contributed by atoms with Gasteiger partial charge in [-0.1, -0.05) is 51.5 Å². The van der Waals surface area contributed by atoms with Crippen molar-refractivity contribution in [2.75, 3.05) is 6.54 Å². The minimum Gasteiger partial charge on any atom is -0.331 e. The van der Waals surface area contributed by atoms with E-state index in [1.54, 1.807) is 30.0 Å². The molecule has 1 aromatic heterocycles. The van der Waals surface area contributed by atoms with Crippen molar-refractivity contribution in [3.63, 3.8) is 0 Å². The van der Waals surface area contributed by atoms with E-state index in [2.05, 4.69) is 31.4 Å². The number of unbranched alkanes of at least 4 members (excludes halogenated alkanes) is 1. The first-order valence-electron chi connectivity index (χ1n) is 10.4. The zero-order chi connectivity index (χ0) is 21.0. The Kier molecular flexibility index (Phi) is 6.68. The van der Waals surface area contributed by atoms with Crippen LogP contribution in [-0.4, -0.2) is 26.9 Å². The Labute approximate surface area is 172 Å². The van der Waals surface area contributed by atoms with Gasteiger partial charge in [-0.25, -0.2) is 9.37 Å². The van der Waals surface area contributed by atoms with Gasteiger partial charge in [-0.3, -0.25) is 4.79 Å². The molecular formula is C24H30FN3O. The van der Waals surface area contributed by atoms with Gasteiger partial charge >= 0.3 is 0 Å². The highest BCUT2D eigenvalue weighted by Crippen LogP contribution is 2.21. The summed E-state index contributed by atoms with van der Waals surface area (Å²) >= 11 is 0. The number of aryl methyl sites for hydroxylation is 2. The van der Waals surface area contributed by atoms with E-state index in [0.717, 1.165) is 36.2 Å². The molecule has 1 heterocycles. The molecule has 0 N–H and O–H groups in total. The van der Waals surface area contributed by atoms with Crippen molar-refractivity contribution in [2.24, 2.45) is 5.92 Å². The summed E-state index contributed by atoms with van der Waals surface area (Å²) in [6, 6.07) is 13.0. The van der Waals surface area contributed by atoms with E-state index in [4.69, 9.17) is 4.98 Å². The van der Waals surface area contributed by atoms with Gasteiger partial charge in [0.25, 0.3) is 5.91 Å². The maximum Gasteiger partial charge on any atom is 0.257 e. The van der Waals surface area contributed by atoms with Gasteiger partial charge in [0.05, 0.1) is 23.1 Å². The molecule has 29 heavy (non-hydrogen) atoms. The fourth-order valence-corrected chi connectivity index (χ4v) is 3.63. The van der Waals surface area contributed by atoms with Gasteiger partial charge in [0.15, 0.2) is 0 Å². The van der Waals surface area contributed by atoms with E-state index in [0.29, 0.717) is 18.7 Å². The topological polar surface area (TPSA) is 38.1 Å². The van der Waals surface area contributed by atoms with Crippen LogP contribution in [0.4, 0.5) is 4.39 Å². The van der Waals surface area contributed by atoms with Crippen LogP contribution in [0.3, 0.4) is 0 Å². The number of rotatable bonds is 8. The summed E-state index contributed by atoms with van der Waals surface area (Å²) in [6.07, 6.45) is 2.12. The van der Waals surface area contributed by atoms with E-state index in [1.165, 1.54) is 0 Å². The highest BCUT2D eigenvalue weighted by molar-refractivity contribution is 5.94. The molecule has 0 unspecified atom stereocenters. The minimum atomic E-state index is -0.439. The van der Waals surface area contributed by atoms with E-state index in [1.807, 2.05) is 18.2 Å². The fourth-order valence-electron chi connectivity index (χ4n) is 3.63. The van der Waals surface area contributed by atoms with Crippen LogP contribution in [0, 0.1) is 18.7 Å². The number of amides is 1. The SMILES string of the molecule is CCCCn1c(CN(CC(C)C)C(=O)c2cccc(C)c2F)nc2ccccc21. The number of halogens is 1. The Balaban J connectivity index is 1.98. The van der Waals surface area contributed by atoms with Crippen molar-refractivity contribution in [3.05, 3.63) is 65.2 Å². The lowest BCUT2D eigenvalue weighted by Crippen LogP contribution is -2.35. The van der Waals surface area contributed by atoms with Crippen LogP contribution in [0.5, 0.6) is 0 Å². The molecule has 0 saturated carbocycles. The lowest BCUT2D eigenvalue weighted by Gasteiger charge is -2.25. The smallest absolute Gasteiger partial charge is 0.257 e. The van der Waals surface area contributed by atoms with Gasteiger partial charge in [0, 0.05) is 13.1 Å². The lowest BCUT2D eigenvalue weighted by molar-refractivity contribution is 0.0711. The van der Waals surface area contributed by atoms with Crippen LogP contribution in [-0.2, 0) is 13.1 Å². The first-order chi connectivity index (χ1) is 13.9. The number of para-hydroxylation sites is 2. The number of fused-ring (bicyclic) bond motifs is 1. The van der Waals surface area contributed by atoms with E-state index in [-0.39, 0.29) is 17.4 Å². The number of hydrogen-bond acceptors (Lipinski definition) is 2. The molecule has 1 amide bonds. The van der Waals surface area contributed by atoms with Crippen molar-refractivity contribution in [3.8, 4) is 0 Å². The van der Waals surface area contributed by atoms with Crippen molar-refractivity contribution >= 4 is 16.9 Å². The quantitative estimate of drug-likeness (QED) is 0.499. The van der Waals surface area contributed by atoms with Crippen molar-refractivity contribution in [1.29, 1.82) is 0 Å². The zero-order valence-corrected chi connectivity index (χ0v) is 17.8. The molecule has 4 nitrogen and oxygen atoms in total. The molecule has 0 aliphatic rings. The maximum atomic E-state index is 14.6. The van der Waals surface area contributed by atoms with E-state index >= 15 is 0 Å². The minimum absolute atomic E-state index is 0.127. The van der Waals surface area contributed by atoms with Crippen molar-refractivity contribution in [2.45, 2.75) is 53.6 Å². The predicted molar refractivity (Wildman–Crippen MR) is 115 cm³/mol. The second-order valence-electron chi connectivity index (χ2n) is 8.04. The summed E-state index contributed by atoms with van der Waals surface area (Å²) in [7, 11) is 0. The second kappa shape index (κ2) is 9.21. The Morgan fingerprint density at radius 3 is 2.66 bits per heavy atom. The number of nitrogens with zero attached hydrogens (tertiary/aromatic N) is 3. The molecule has 3 rings (SSSR count). The van der Waals surface area contributed by atoms with Crippen LogP contribution in [0.1, 0.15) is 55.4 Å². The first-order valence-corrected chi connectivity index (χ1v) is 10.4. The summed E-state index contributed by atoms with van der Waals surface area (Å²) in [6.45, 7) is 9.73. The average molecular weight is 396 g/mol. The van der Waals surface area contributed by atoms with Gasteiger partial charge in [0.2, 0.25) is 0 Å². The average Bonchev–Trinajstić information content (AvgIpc) is 3.04. The molecule has 5 heteroatoms. The van der Waals surface area contributed by atoms with Crippen LogP contribution < -0.4 is 0 Å². The second-order valence-corrected chi connectivity index (χ2v) is 8.04. The molecule has 0 saturated heterocycles. The normalized spacial score (nSPS) is 11.4. The van der Waals surface area contributed by atoms with Gasteiger partial charge in [-0.15, -0.1) is 0 Å². The van der Waals surface area contributed by atoms with Gasteiger partial charge in [-0.2, -0.15) is 0 Å². The molecule has 0 radical (unpaired) electrons. The number of carbonyl (C=O) groups is 1. The van der Waals surface area contributed by atoms with Crippen molar-refractivity contribution in [1.82, 2.24) is 14.5 Å². The summed E-state index contributed by atoms with van der Waals surface area (Å²) in [5, 5.41) is 0. The third kappa shape index (κ3) is 4.66. The molecule has 0 aliphatic carbocycles. The standard InChI is InChI=1S/C24H30FN3O/c1-5-6-14-28-21-13-8-7-12-20(21)26-22(28)16-27(15-17(2)3)24(29)19-11-9-10-18(4)23(19)25/h7-13,17H,5-6,14-16H2,1-4H3. The Morgan fingerprint density at radius 2 is 1.93 bits per heavy atom. The van der Waals surface area contributed by atoms with Gasteiger partial charge in [0.1, 0.15) is 11.6 Å². The zero-order valence-electron chi connectivity index (χ0n) is 17.8. The Bertz CT molecular complexity index is 993. The molecule has 0 atom stereocenters. The number of aromatic nitrogens is 2. The number of carbonyl (C=O) groups excluding carboxylic acids is 1. The maximum absolute atomic E-state index is 14.6. The molecule has 0 aliphatic heterocycles. The summed E-state index contributed by atoms with van der Waals surface area (Å²) in [5.74, 6) is 0.391. The summed E-state index contributed by atoms with van der Waals surface area (Å²) in [5.41, 5.74) is 2.62. The molecule has 0 fully saturated rings. The van der Waals surface area contributed by atoms with Crippen LogP contribution in [0.2, 0.25) is 0 Å². The predicted octanol–water partition coefficient (Wildman–Crippen LogP) is 5.58. The molecule has 2 aromatic carbocycles. The summed E-state index contributed by atoms with van der Waals surface area (Å²) < 4.78 is 16.8. The third-order valence-corrected chi connectivity index (χ3v) is 5.10.